The highest BCUT2D eigenvalue weighted by Gasteiger charge is 1.93. The smallest absolute Gasteiger partial charge is 0.0697 e. The summed E-state index contributed by atoms with van der Waals surface area (Å²) < 4.78 is 10.4. The summed E-state index contributed by atoms with van der Waals surface area (Å²) in [6.45, 7) is 7.45. The molecule has 0 aromatic rings. The van der Waals surface area contributed by atoms with Crippen molar-refractivity contribution in [3.63, 3.8) is 0 Å². The molecule has 0 fully saturated rings. The molecule has 0 aliphatic heterocycles. The first kappa shape index (κ1) is 33.0. The van der Waals surface area contributed by atoms with Crippen molar-refractivity contribution < 1.29 is 19.7 Å². The van der Waals surface area contributed by atoms with Crippen molar-refractivity contribution in [1.29, 1.82) is 0 Å². The molecule has 31 heavy (non-hydrogen) atoms. The van der Waals surface area contributed by atoms with E-state index in [0.717, 1.165) is 26.1 Å². The lowest BCUT2D eigenvalue weighted by atomic mass is 10.1. The Morgan fingerprint density at radius 3 is 0.871 bits per heavy atom. The summed E-state index contributed by atoms with van der Waals surface area (Å²) in [4.78, 5) is 0. The van der Waals surface area contributed by atoms with E-state index in [0.29, 0.717) is 13.2 Å². The minimum atomic E-state index is 0.150. The van der Waals surface area contributed by atoms with Crippen LogP contribution in [-0.2, 0) is 9.47 Å². The molecule has 0 heterocycles. The van der Waals surface area contributed by atoms with E-state index in [1.807, 2.05) is 0 Å². The molecular weight excluding hydrogens is 388 g/mol. The predicted molar refractivity (Wildman–Crippen MR) is 135 cm³/mol. The Labute approximate surface area is 195 Å². The van der Waals surface area contributed by atoms with Crippen molar-refractivity contribution in [2.75, 3.05) is 39.6 Å². The van der Waals surface area contributed by atoms with Crippen LogP contribution in [0.5, 0.6) is 0 Å². The van der Waals surface area contributed by atoms with Gasteiger partial charge in [0, 0.05) is 13.2 Å². The summed E-state index contributed by atoms with van der Waals surface area (Å²) in [5.41, 5.74) is 0. The summed E-state index contributed by atoms with van der Waals surface area (Å²) in [6.07, 6.45) is 25.7. The van der Waals surface area contributed by atoms with E-state index in [4.69, 9.17) is 19.7 Å². The van der Waals surface area contributed by atoms with E-state index in [1.54, 1.807) is 0 Å². The van der Waals surface area contributed by atoms with Crippen molar-refractivity contribution in [1.82, 2.24) is 0 Å². The maximum absolute atomic E-state index is 8.50. The van der Waals surface area contributed by atoms with E-state index in [9.17, 15) is 0 Å². The number of unbranched alkanes of at least 4 members (excludes halogenated alkanes) is 17. The van der Waals surface area contributed by atoms with Crippen LogP contribution >= 0.6 is 0 Å². The van der Waals surface area contributed by atoms with Crippen LogP contribution in [0.4, 0.5) is 0 Å². The SMILES string of the molecule is CCCCCCCCCCCCOCCO.CCCCCCCCCCCOCCO. The molecular formula is C27H58O4. The molecule has 0 rings (SSSR count). The molecule has 0 aromatic heterocycles. The summed E-state index contributed by atoms with van der Waals surface area (Å²) in [6, 6.07) is 0. The topological polar surface area (TPSA) is 58.9 Å². The van der Waals surface area contributed by atoms with E-state index >= 15 is 0 Å². The Bertz CT molecular complexity index is 248. The normalized spacial score (nSPS) is 10.8. The van der Waals surface area contributed by atoms with Gasteiger partial charge in [-0.3, -0.25) is 0 Å². The van der Waals surface area contributed by atoms with Gasteiger partial charge in [-0.1, -0.05) is 123 Å². The van der Waals surface area contributed by atoms with Crippen molar-refractivity contribution in [3.8, 4) is 0 Å². The highest BCUT2D eigenvalue weighted by molar-refractivity contribution is 4.48. The van der Waals surface area contributed by atoms with E-state index < -0.39 is 0 Å². The first-order valence-corrected chi connectivity index (χ1v) is 13.7. The fraction of sp³-hybridized carbons (Fsp3) is 1.00. The number of rotatable bonds is 25. The second-order valence-electron chi connectivity index (χ2n) is 8.68. The van der Waals surface area contributed by atoms with Crippen molar-refractivity contribution >= 4 is 0 Å². The number of ether oxygens (including phenoxy) is 2. The Hall–Kier alpha value is -0.160. The van der Waals surface area contributed by atoms with E-state index in [1.165, 1.54) is 109 Å². The van der Waals surface area contributed by atoms with Gasteiger partial charge in [-0.15, -0.1) is 0 Å². The molecule has 190 valence electrons. The maximum atomic E-state index is 8.50. The van der Waals surface area contributed by atoms with Crippen molar-refractivity contribution in [2.24, 2.45) is 0 Å². The molecule has 0 bridgehead atoms. The number of hydrogen-bond acceptors (Lipinski definition) is 4. The molecule has 4 nitrogen and oxygen atoms in total. The highest BCUT2D eigenvalue weighted by Crippen LogP contribution is 2.11. The Morgan fingerprint density at radius 2 is 0.613 bits per heavy atom. The van der Waals surface area contributed by atoms with Gasteiger partial charge < -0.3 is 19.7 Å². The highest BCUT2D eigenvalue weighted by atomic mass is 16.5. The van der Waals surface area contributed by atoms with Crippen molar-refractivity contribution in [2.45, 2.75) is 136 Å². The number of aliphatic hydroxyl groups is 2. The molecule has 0 saturated carbocycles. The molecule has 0 aliphatic carbocycles. The molecule has 0 aliphatic rings. The average Bonchev–Trinajstić information content (AvgIpc) is 2.79. The maximum Gasteiger partial charge on any atom is 0.0697 e. The van der Waals surface area contributed by atoms with Gasteiger partial charge in [-0.2, -0.15) is 0 Å². The van der Waals surface area contributed by atoms with E-state index in [2.05, 4.69) is 13.8 Å². The van der Waals surface area contributed by atoms with Gasteiger partial charge in [0.1, 0.15) is 0 Å². The van der Waals surface area contributed by atoms with Crippen molar-refractivity contribution in [3.05, 3.63) is 0 Å². The first-order valence-electron chi connectivity index (χ1n) is 13.7. The minimum Gasteiger partial charge on any atom is -0.394 e. The lowest BCUT2D eigenvalue weighted by Gasteiger charge is -2.03. The van der Waals surface area contributed by atoms with Gasteiger partial charge in [-0.05, 0) is 12.8 Å². The zero-order chi connectivity index (χ0) is 23.1. The predicted octanol–water partition coefficient (Wildman–Crippen LogP) is 7.44. The summed E-state index contributed by atoms with van der Waals surface area (Å²) in [5.74, 6) is 0. The molecule has 0 spiro atoms. The largest absolute Gasteiger partial charge is 0.394 e. The fourth-order valence-electron chi connectivity index (χ4n) is 3.54. The van der Waals surface area contributed by atoms with Crippen LogP contribution < -0.4 is 0 Å². The molecule has 0 aromatic carbocycles. The van der Waals surface area contributed by atoms with E-state index in [-0.39, 0.29) is 13.2 Å². The van der Waals surface area contributed by atoms with Crippen LogP contribution in [0, 0.1) is 0 Å². The Kier molecular flexibility index (Phi) is 36.7. The molecule has 0 atom stereocenters. The minimum absolute atomic E-state index is 0.150. The molecule has 0 unspecified atom stereocenters. The molecule has 2 N–H and O–H groups in total. The van der Waals surface area contributed by atoms with Gasteiger partial charge in [0.2, 0.25) is 0 Å². The standard InChI is InChI=1S/C14H30O2.C13H28O2/c1-2-3-4-5-6-7-8-9-10-11-13-16-14-12-15;1-2-3-4-5-6-7-8-9-10-12-15-13-11-14/h15H,2-14H2,1H3;14H,2-13H2,1H3. The summed E-state index contributed by atoms with van der Waals surface area (Å²) >= 11 is 0. The van der Waals surface area contributed by atoms with Crippen LogP contribution in [0.3, 0.4) is 0 Å². The Balaban J connectivity index is 0. The first-order chi connectivity index (χ1) is 15.3. The quantitative estimate of drug-likeness (QED) is 0.143. The third-order valence-electron chi connectivity index (χ3n) is 5.51. The second-order valence-corrected chi connectivity index (χ2v) is 8.68. The zero-order valence-corrected chi connectivity index (χ0v) is 21.4. The van der Waals surface area contributed by atoms with Crippen LogP contribution in [-0.4, -0.2) is 49.9 Å². The average molecular weight is 447 g/mol. The van der Waals surface area contributed by atoms with Crippen LogP contribution in [0.15, 0.2) is 0 Å². The third-order valence-corrected chi connectivity index (χ3v) is 5.51. The lowest BCUT2D eigenvalue weighted by Crippen LogP contribution is -2.00. The number of aliphatic hydroxyl groups excluding tert-OH is 2. The van der Waals surface area contributed by atoms with Gasteiger partial charge in [0.15, 0.2) is 0 Å². The van der Waals surface area contributed by atoms with Crippen LogP contribution in [0.2, 0.25) is 0 Å². The summed E-state index contributed by atoms with van der Waals surface area (Å²) in [5, 5.41) is 17.0. The molecule has 0 amide bonds. The van der Waals surface area contributed by atoms with Gasteiger partial charge in [0.25, 0.3) is 0 Å². The van der Waals surface area contributed by atoms with Gasteiger partial charge >= 0.3 is 0 Å². The summed E-state index contributed by atoms with van der Waals surface area (Å²) in [7, 11) is 0. The fourth-order valence-corrected chi connectivity index (χ4v) is 3.54. The van der Waals surface area contributed by atoms with Crippen LogP contribution in [0.25, 0.3) is 0 Å². The molecule has 4 heteroatoms. The Morgan fingerprint density at radius 1 is 0.355 bits per heavy atom. The van der Waals surface area contributed by atoms with Gasteiger partial charge in [0.05, 0.1) is 26.4 Å². The number of hydrogen-bond donors (Lipinski definition) is 2. The monoisotopic (exact) mass is 446 g/mol. The van der Waals surface area contributed by atoms with Crippen LogP contribution in [0.1, 0.15) is 136 Å². The molecule has 0 saturated heterocycles. The lowest BCUT2D eigenvalue weighted by molar-refractivity contribution is 0.0895. The third kappa shape index (κ3) is 37.5. The molecule has 0 radical (unpaired) electrons. The van der Waals surface area contributed by atoms with Gasteiger partial charge in [-0.25, -0.2) is 0 Å². The second kappa shape index (κ2) is 34.5. The zero-order valence-electron chi connectivity index (χ0n) is 21.4.